The summed E-state index contributed by atoms with van der Waals surface area (Å²) in [5, 5.41) is 4.89. The van der Waals surface area contributed by atoms with Crippen molar-refractivity contribution >= 4 is 48.3 Å². The normalized spacial score (nSPS) is 12.9. The molecule has 0 bridgehead atoms. The second-order valence-corrected chi connectivity index (χ2v) is 20.3. The zero-order chi connectivity index (χ0) is 39.8. The first-order valence-corrected chi connectivity index (χ1v) is 23.7. The number of halogens is 1. The van der Waals surface area contributed by atoms with Crippen LogP contribution in [0.4, 0.5) is 17.1 Å². The summed E-state index contributed by atoms with van der Waals surface area (Å²) in [7, 11) is -9.06. The predicted octanol–water partition coefficient (Wildman–Crippen LogP) is 7.71. The van der Waals surface area contributed by atoms with Crippen LogP contribution in [0.2, 0.25) is 0 Å². The summed E-state index contributed by atoms with van der Waals surface area (Å²) in [5.41, 5.74) is 7.06. The van der Waals surface area contributed by atoms with Crippen LogP contribution in [0.15, 0.2) is 110 Å². The summed E-state index contributed by atoms with van der Waals surface area (Å²) in [6, 6.07) is 27.0. The number of alkyl halides is 1. The van der Waals surface area contributed by atoms with Gasteiger partial charge in [-0.3, -0.25) is 4.55 Å². The van der Waals surface area contributed by atoms with Gasteiger partial charge in [0, 0.05) is 0 Å². The molecular weight excluding hydrogens is 848 g/mol. The Balaban J connectivity index is 1.63. The molecule has 0 spiro atoms. The number of fused-ring (bicyclic) bond motifs is 2. The van der Waals surface area contributed by atoms with Gasteiger partial charge in [0.25, 0.3) is 10.1 Å². The van der Waals surface area contributed by atoms with Gasteiger partial charge in [-0.2, -0.15) is 8.42 Å². The number of rotatable bonds is 12. The van der Waals surface area contributed by atoms with E-state index in [9.17, 15) is 25.9 Å². The molecule has 1 aliphatic heterocycles. The van der Waals surface area contributed by atoms with Gasteiger partial charge < -0.3 is 0 Å². The van der Waals surface area contributed by atoms with Gasteiger partial charge >= 0.3 is 245 Å². The van der Waals surface area contributed by atoms with Gasteiger partial charge in [0.15, 0.2) is 0 Å². The second kappa shape index (κ2) is 16.2. The molecule has 2 aliphatic rings. The fraction of sp³-hybridized carbons (Fsp3) is 0.279. The zero-order valence-corrected chi connectivity index (χ0v) is 35.7. The molecule has 1 heterocycles. The molecular formula is C43H46IN2O7S2-. The fourth-order valence-corrected chi connectivity index (χ4v) is 10.4. The number of hydrogen-bond acceptors (Lipinski definition) is 7. The Kier molecular flexibility index (Phi) is 11.9. The van der Waals surface area contributed by atoms with Crippen LogP contribution >= 0.6 is 0 Å². The van der Waals surface area contributed by atoms with E-state index >= 15 is 0 Å². The number of benzene rings is 5. The van der Waals surface area contributed by atoms with E-state index in [1.807, 2.05) is 52.0 Å². The molecule has 0 atom stereocenters. The summed E-state index contributed by atoms with van der Waals surface area (Å²) < 4.78 is 79.3. The van der Waals surface area contributed by atoms with E-state index in [4.69, 9.17) is 9.41 Å². The Morgan fingerprint density at radius 2 is 1.40 bits per heavy atom. The fourth-order valence-electron chi connectivity index (χ4n) is 6.76. The second-order valence-electron chi connectivity index (χ2n) is 14.5. The molecule has 55 heavy (non-hydrogen) atoms. The third-order valence-electron chi connectivity index (χ3n) is 9.43. The zero-order valence-electron chi connectivity index (χ0n) is 31.9. The third kappa shape index (κ3) is 8.68. The molecule has 3 N–H and O–H groups in total. The van der Waals surface area contributed by atoms with Crippen molar-refractivity contribution in [1.29, 1.82) is 0 Å². The van der Waals surface area contributed by atoms with Crippen LogP contribution < -0.4 is 31.9 Å². The van der Waals surface area contributed by atoms with Gasteiger partial charge in [-0.05, 0) is 35.1 Å². The molecule has 0 radical (unpaired) electrons. The predicted molar refractivity (Wildman–Crippen MR) is 215 cm³/mol. The van der Waals surface area contributed by atoms with E-state index in [2.05, 4.69) is 44.3 Å². The Morgan fingerprint density at radius 1 is 0.727 bits per heavy atom. The molecule has 12 heteroatoms. The van der Waals surface area contributed by atoms with E-state index in [1.165, 1.54) is 31.8 Å². The van der Waals surface area contributed by atoms with Crippen molar-refractivity contribution in [3.05, 3.63) is 117 Å². The number of para-hydroxylation sites is 1. The summed E-state index contributed by atoms with van der Waals surface area (Å²) in [5.74, 6) is 0.484. The van der Waals surface area contributed by atoms with Crippen molar-refractivity contribution < 1.29 is 51.6 Å². The molecule has 0 saturated carbocycles. The molecule has 0 amide bonds. The minimum atomic E-state index is -4.60. The number of hydrogen-bond donors (Lipinski definition) is 3. The van der Waals surface area contributed by atoms with Gasteiger partial charge in [0.2, 0.25) is 0 Å². The summed E-state index contributed by atoms with van der Waals surface area (Å²) in [6.45, 7) is 14.3. The summed E-state index contributed by atoms with van der Waals surface area (Å²) in [6.07, 6.45) is 1.12. The van der Waals surface area contributed by atoms with Gasteiger partial charge in [0.1, 0.15) is 0 Å². The van der Waals surface area contributed by atoms with Crippen LogP contribution in [0.1, 0.15) is 89.3 Å². The number of nitrogens with zero attached hydrogens (tertiary/aromatic N) is 1. The molecule has 0 unspecified atom stereocenters. The van der Waals surface area contributed by atoms with E-state index in [-0.39, 0.29) is 42.8 Å². The third-order valence-corrected chi connectivity index (χ3v) is 14.5. The van der Waals surface area contributed by atoms with Crippen molar-refractivity contribution in [1.82, 2.24) is 0 Å². The number of anilines is 2. The Bertz CT molecular complexity index is 2640. The first-order chi connectivity index (χ1) is 26.0. The molecule has 4 aromatic rings. The maximum atomic E-state index is 12.7. The molecule has 6 rings (SSSR count). The Labute approximate surface area is 334 Å². The van der Waals surface area contributed by atoms with Crippen LogP contribution in [0.25, 0.3) is 33.4 Å². The van der Waals surface area contributed by atoms with Crippen LogP contribution in [0.5, 0.6) is 0 Å². The molecule has 1 aliphatic carbocycles. The minimum absolute atomic E-state index is 0.119. The van der Waals surface area contributed by atoms with E-state index in [1.54, 1.807) is 30.3 Å². The summed E-state index contributed by atoms with van der Waals surface area (Å²) in [4.78, 5) is 4.64. The molecule has 0 fully saturated rings. The quantitative estimate of drug-likeness (QED) is 0.0491. The summed E-state index contributed by atoms with van der Waals surface area (Å²) >= 11 is -0.213. The topological polar surface area (TPSA) is 146 Å². The van der Waals surface area contributed by atoms with Crippen LogP contribution in [-0.2, 0) is 20.2 Å². The number of nitrogens with one attached hydrogen (secondary N) is 1. The molecule has 9 nitrogen and oxygen atoms in total. The van der Waals surface area contributed by atoms with Crippen LogP contribution in [0.3, 0.4) is 0 Å². The first kappa shape index (κ1) is 40.6. The van der Waals surface area contributed by atoms with E-state index in [0.29, 0.717) is 61.5 Å². The van der Waals surface area contributed by atoms with Crippen molar-refractivity contribution in [2.75, 3.05) is 9.74 Å². The van der Waals surface area contributed by atoms with E-state index < -0.39 is 20.2 Å². The van der Waals surface area contributed by atoms with Crippen LogP contribution in [0, 0.1) is 3.57 Å². The Morgan fingerprint density at radius 3 is 2.02 bits per heavy atom. The van der Waals surface area contributed by atoms with Crippen molar-refractivity contribution in [3.8, 4) is 22.5 Å². The molecule has 0 aromatic heterocycles. The average Bonchev–Trinajstić information content (AvgIpc) is 3.12. The Hall–Kier alpha value is -4.08. The van der Waals surface area contributed by atoms with Crippen LogP contribution in [-0.4, -0.2) is 30.4 Å². The monoisotopic (exact) mass is 893 g/mol. The molecule has 290 valence electrons. The van der Waals surface area contributed by atoms with Gasteiger partial charge in [-0.15, -0.1) is 0 Å². The van der Waals surface area contributed by atoms with Gasteiger partial charge in [0.05, 0.1) is 4.90 Å². The van der Waals surface area contributed by atoms with Crippen molar-refractivity contribution in [2.24, 2.45) is 4.99 Å². The SMILES string of the molecule is CCC[I-]c1cccc(C(C)C)c1Nc1ccc2c(-c3ccccc3S(=O)(=O)O)c3ccc(=Nc4c(C(C)C)cc(S(=O)(=O)O)cc4C(C)C)cc-3oc2c1. The van der Waals surface area contributed by atoms with Crippen molar-refractivity contribution in [3.63, 3.8) is 0 Å². The van der Waals surface area contributed by atoms with Crippen molar-refractivity contribution in [2.45, 2.75) is 82.4 Å². The standard InChI is InChI=1S/C43H46IN2O7S2/c1-8-20-44-37-14-11-13-31(25(2)3)43(37)46-29-17-19-33-39(22-29)53-38-21-28(16-18-32(38)41(33)34-12-9-10-15-40(34)55(50,51)52)45-42-35(26(4)5)23-30(54(47,48)49)24-36(42)27(6)7/h9-19,21-27,46H,8,20H2,1-7H3,(H,47,48,49)(H,50,51,52)/q-1. The first-order valence-electron chi connectivity index (χ1n) is 18.2. The molecule has 4 aromatic carbocycles. The average molecular weight is 894 g/mol. The van der Waals surface area contributed by atoms with Gasteiger partial charge in [-0.25, -0.2) is 0 Å². The van der Waals surface area contributed by atoms with E-state index in [0.717, 1.165) is 17.8 Å². The molecule has 0 saturated heterocycles. The van der Waals surface area contributed by atoms with Gasteiger partial charge in [-0.1, -0.05) is 27.7 Å². The maximum absolute atomic E-state index is 12.7.